The first-order chi connectivity index (χ1) is 11.6. The number of nitrogens with zero attached hydrogens (tertiary/aromatic N) is 1. The van der Waals surface area contributed by atoms with Crippen molar-refractivity contribution in [2.24, 2.45) is 5.92 Å². The van der Waals surface area contributed by atoms with Gasteiger partial charge in [-0.25, -0.2) is 8.78 Å². The molecule has 0 radical (unpaired) electrons. The molecule has 0 unspecified atom stereocenters. The van der Waals surface area contributed by atoms with Gasteiger partial charge in [0.2, 0.25) is 5.91 Å². The molecule has 3 aromatic rings. The van der Waals surface area contributed by atoms with E-state index >= 15 is 0 Å². The van der Waals surface area contributed by atoms with E-state index in [1.165, 1.54) is 12.1 Å². The molecule has 4 nitrogen and oxygen atoms in total. The third-order valence-electron chi connectivity index (χ3n) is 4.52. The van der Waals surface area contributed by atoms with Gasteiger partial charge in [-0.05, 0) is 42.7 Å². The molecule has 0 saturated heterocycles. The molecular weight excluding hydrogens is 312 g/mol. The number of aromatic amines is 1. The Morgan fingerprint density at radius 3 is 2.71 bits per heavy atom. The molecule has 1 aliphatic rings. The number of fused-ring (bicyclic) bond motifs is 1. The van der Waals surface area contributed by atoms with Crippen LogP contribution in [0.25, 0.3) is 22.0 Å². The fraction of sp³-hybridized carbons (Fsp3) is 0.222. The quantitative estimate of drug-likeness (QED) is 0.756. The molecule has 0 atom stereocenters. The number of halogens is 2. The number of rotatable bonds is 3. The molecule has 1 saturated carbocycles. The van der Waals surface area contributed by atoms with Crippen molar-refractivity contribution >= 4 is 22.6 Å². The monoisotopic (exact) mass is 327 g/mol. The van der Waals surface area contributed by atoms with Crippen LogP contribution in [0.5, 0.6) is 0 Å². The van der Waals surface area contributed by atoms with E-state index < -0.39 is 11.6 Å². The number of amides is 1. The summed E-state index contributed by atoms with van der Waals surface area (Å²) < 4.78 is 27.0. The van der Waals surface area contributed by atoms with Gasteiger partial charge in [-0.15, -0.1) is 0 Å². The van der Waals surface area contributed by atoms with Crippen molar-refractivity contribution in [2.45, 2.75) is 19.3 Å². The first kappa shape index (κ1) is 14.8. The van der Waals surface area contributed by atoms with Crippen molar-refractivity contribution in [3.63, 3.8) is 0 Å². The summed E-state index contributed by atoms with van der Waals surface area (Å²) in [5.41, 5.74) is 1.61. The molecule has 1 heterocycles. The van der Waals surface area contributed by atoms with Crippen LogP contribution in [0, 0.1) is 17.6 Å². The number of carbonyl (C=O) groups is 1. The summed E-state index contributed by atoms with van der Waals surface area (Å²) in [5, 5.41) is 10.6. The molecule has 1 fully saturated rings. The number of anilines is 1. The van der Waals surface area contributed by atoms with Gasteiger partial charge in [-0.2, -0.15) is 5.10 Å². The van der Waals surface area contributed by atoms with E-state index in [-0.39, 0.29) is 11.8 Å². The van der Waals surface area contributed by atoms with E-state index in [1.807, 2.05) is 0 Å². The summed E-state index contributed by atoms with van der Waals surface area (Å²) in [7, 11) is 0. The van der Waals surface area contributed by atoms with Gasteiger partial charge >= 0.3 is 0 Å². The van der Waals surface area contributed by atoms with Gasteiger partial charge in [0.15, 0.2) is 5.82 Å². The zero-order chi connectivity index (χ0) is 16.7. The minimum Gasteiger partial charge on any atom is -0.308 e. The Labute approximate surface area is 136 Å². The van der Waals surface area contributed by atoms with Crippen molar-refractivity contribution in [3.8, 4) is 11.1 Å². The number of hydrogen-bond donors (Lipinski definition) is 2. The Bertz CT molecular complexity index is 931. The summed E-state index contributed by atoms with van der Waals surface area (Å²) in [6.45, 7) is 0. The van der Waals surface area contributed by atoms with E-state index in [1.54, 1.807) is 18.2 Å². The van der Waals surface area contributed by atoms with Crippen molar-refractivity contribution in [2.75, 3.05) is 5.32 Å². The average molecular weight is 327 g/mol. The zero-order valence-corrected chi connectivity index (χ0v) is 12.8. The van der Waals surface area contributed by atoms with Crippen LogP contribution in [0.15, 0.2) is 36.4 Å². The number of hydrogen-bond acceptors (Lipinski definition) is 2. The topological polar surface area (TPSA) is 57.8 Å². The molecule has 122 valence electrons. The smallest absolute Gasteiger partial charge is 0.228 e. The highest BCUT2D eigenvalue weighted by Gasteiger charge is 2.26. The molecule has 1 aliphatic carbocycles. The minimum atomic E-state index is -0.618. The third kappa shape index (κ3) is 2.54. The first-order valence-corrected chi connectivity index (χ1v) is 7.86. The van der Waals surface area contributed by atoms with E-state index in [2.05, 4.69) is 15.5 Å². The van der Waals surface area contributed by atoms with E-state index in [9.17, 15) is 13.6 Å². The number of H-pyrrole nitrogens is 1. The predicted molar refractivity (Wildman–Crippen MR) is 87.4 cm³/mol. The number of nitrogens with one attached hydrogen (secondary N) is 2. The predicted octanol–water partition coefficient (Wildman–Crippen LogP) is 4.25. The summed E-state index contributed by atoms with van der Waals surface area (Å²) >= 11 is 0. The van der Waals surface area contributed by atoms with Gasteiger partial charge in [0.25, 0.3) is 0 Å². The standard InChI is InChI=1S/C18H15F2N3O/c19-12-5-7-13(15(20)9-12)11-4-6-14-16(8-11)22-23-17(14)21-18(24)10-2-1-3-10/h4-10H,1-3H2,(H2,21,22,23,24). The fourth-order valence-corrected chi connectivity index (χ4v) is 2.90. The summed E-state index contributed by atoms with van der Waals surface area (Å²) in [5.74, 6) is -0.687. The second kappa shape index (κ2) is 5.70. The molecule has 6 heteroatoms. The Morgan fingerprint density at radius 1 is 1.17 bits per heavy atom. The lowest BCUT2D eigenvalue weighted by molar-refractivity contribution is -0.122. The van der Waals surface area contributed by atoms with Crippen molar-refractivity contribution in [3.05, 3.63) is 48.0 Å². The second-order valence-corrected chi connectivity index (χ2v) is 6.07. The molecule has 4 rings (SSSR count). The maximum atomic E-state index is 13.9. The van der Waals surface area contributed by atoms with E-state index in [4.69, 9.17) is 0 Å². The lowest BCUT2D eigenvalue weighted by Gasteiger charge is -2.23. The van der Waals surface area contributed by atoms with Crippen LogP contribution in [-0.4, -0.2) is 16.1 Å². The zero-order valence-electron chi connectivity index (χ0n) is 12.8. The van der Waals surface area contributed by atoms with Gasteiger partial charge in [0.05, 0.1) is 5.52 Å². The lowest BCUT2D eigenvalue weighted by Crippen LogP contribution is -2.28. The SMILES string of the molecule is O=C(Nc1n[nH]c2cc(-c3ccc(F)cc3F)ccc12)C1CCC1. The molecule has 1 aromatic heterocycles. The largest absolute Gasteiger partial charge is 0.308 e. The molecule has 1 amide bonds. The maximum Gasteiger partial charge on any atom is 0.228 e. The Kier molecular flexibility index (Phi) is 3.52. The molecule has 24 heavy (non-hydrogen) atoms. The lowest BCUT2D eigenvalue weighted by atomic mass is 9.85. The third-order valence-corrected chi connectivity index (χ3v) is 4.52. The van der Waals surface area contributed by atoms with Gasteiger partial charge in [0.1, 0.15) is 11.6 Å². The van der Waals surface area contributed by atoms with Crippen LogP contribution < -0.4 is 5.32 Å². The molecule has 2 aromatic carbocycles. The first-order valence-electron chi connectivity index (χ1n) is 7.86. The Hall–Kier alpha value is -2.76. The van der Waals surface area contributed by atoms with Crippen LogP contribution in [0.2, 0.25) is 0 Å². The molecular formula is C18H15F2N3O. The van der Waals surface area contributed by atoms with Gasteiger partial charge < -0.3 is 5.32 Å². The van der Waals surface area contributed by atoms with Crippen LogP contribution in [0.3, 0.4) is 0 Å². The van der Waals surface area contributed by atoms with Gasteiger partial charge in [0, 0.05) is 22.9 Å². The fourth-order valence-electron chi connectivity index (χ4n) is 2.90. The summed E-state index contributed by atoms with van der Waals surface area (Å²) in [6.07, 6.45) is 2.93. The van der Waals surface area contributed by atoms with Crippen molar-refractivity contribution in [1.82, 2.24) is 10.2 Å². The highest BCUT2D eigenvalue weighted by atomic mass is 19.1. The number of carbonyl (C=O) groups excluding carboxylic acids is 1. The van der Waals surface area contributed by atoms with Gasteiger partial charge in [-0.1, -0.05) is 12.5 Å². The van der Waals surface area contributed by atoms with Crippen LogP contribution in [0.4, 0.5) is 14.6 Å². The normalized spacial score (nSPS) is 14.6. The van der Waals surface area contributed by atoms with Crippen molar-refractivity contribution < 1.29 is 13.6 Å². The van der Waals surface area contributed by atoms with E-state index in [0.717, 1.165) is 30.7 Å². The van der Waals surface area contributed by atoms with Crippen molar-refractivity contribution in [1.29, 1.82) is 0 Å². The summed E-state index contributed by atoms with van der Waals surface area (Å²) in [4.78, 5) is 12.1. The van der Waals surface area contributed by atoms with E-state index in [0.29, 0.717) is 22.5 Å². The number of aromatic nitrogens is 2. The Morgan fingerprint density at radius 2 is 2.00 bits per heavy atom. The van der Waals surface area contributed by atoms with Gasteiger partial charge in [-0.3, -0.25) is 9.89 Å². The molecule has 2 N–H and O–H groups in total. The van der Waals surface area contributed by atoms with Crippen LogP contribution >= 0.6 is 0 Å². The summed E-state index contributed by atoms with van der Waals surface area (Å²) in [6, 6.07) is 8.72. The molecule has 0 bridgehead atoms. The second-order valence-electron chi connectivity index (χ2n) is 6.07. The Balaban J connectivity index is 1.66. The number of benzene rings is 2. The molecule has 0 aliphatic heterocycles. The molecule has 0 spiro atoms. The van der Waals surface area contributed by atoms with Crippen LogP contribution in [-0.2, 0) is 4.79 Å². The highest BCUT2D eigenvalue weighted by molar-refractivity contribution is 6.01. The minimum absolute atomic E-state index is 0.0108. The van der Waals surface area contributed by atoms with Crippen LogP contribution in [0.1, 0.15) is 19.3 Å². The average Bonchev–Trinajstić information content (AvgIpc) is 2.87. The maximum absolute atomic E-state index is 13.9. The highest BCUT2D eigenvalue weighted by Crippen LogP contribution is 2.31.